The molecule has 0 unspecified atom stereocenters. The minimum absolute atomic E-state index is 0.136. The lowest BCUT2D eigenvalue weighted by atomic mass is 10.2. The fourth-order valence-corrected chi connectivity index (χ4v) is 3.66. The molecule has 0 saturated carbocycles. The Morgan fingerprint density at radius 2 is 1.90 bits per heavy atom. The Balaban J connectivity index is 1.69. The molecule has 9 heteroatoms. The van der Waals surface area contributed by atoms with Crippen LogP contribution in [0.2, 0.25) is 5.02 Å². The number of carbonyl (C=O) groups is 2. The summed E-state index contributed by atoms with van der Waals surface area (Å²) in [5.41, 5.74) is 0.864. The SMILES string of the molecule is CCN1CCN(C(=O)c2cnn(-c3ccccc3Cl)c2NC(=O)c2ccco2)CC1. The molecule has 156 valence electrons. The van der Waals surface area contributed by atoms with Gasteiger partial charge < -0.3 is 19.5 Å². The number of rotatable bonds is 5. The molecule has 1 fully saturated rings. The van der Waals surface area contributed by atoms with Gasteiger partial charge in [-0.25, -0.2) is 4.68 Å². The van der Waals surface area contributed by atoms with E-state index in [-0.39, 0.29) is 17.5 Å². The number of likely N-dealkylation sites (N-methyl/N-ethyl adjacent to an activating group) is 1. The minimum atomic E-state index is -0.473. The second kappa shape index (κ2) is 8.73. The number of para-hydroxylation sites is 1. The van der Waals surface area contributed by atoms with Gasteiger partial charge >= 0.3 is 0 Å². The van der Waals surface area contributed by atoms with Gasteiger partial charge in [-0.15, -0.1) is 0 Å². The molecule has 1 aliphatic rings. The number of anilines is 1. The summed E-state index contributed by atoms with van der Waals surface area (Å²) in [6.45, 7) is 5.93. The summed E-state index contributed by atoms with van der Waals surface area (Å²) < 4.78 is 6.66. The Morgan fingerprint density at radius 3 is 2.57 bits per heavy atom. The Hall–Kier alpha value is -3.10. The topological polar surface area (TPSA) is 83.6 Å². The van der Waals surface area contributed by atoms with E-state index >= 15 is 0 Å². The van der Waals surface area contributed by atoms with Crippen LogP contribution >= 0.6 is 11.6 Å². The predicted molar refractivity (Wildman–Crippen MR) is 113 cm³/mol. The first-order valence-corrected chi connectivity index (χ1v) is 10.2. The quantitative estimate of drug-likeness (QED) is 0.676. The van der Waals surface area contributed by atoms with Gasteiger partial charge in [-0.2, -0.15) is 5.10 Å². The number of hydrogen-bond acceptors (Lipinski definition) is 5. The normalized spacial score (nSPS) is 14.7. The van der Waals surface area contributed by atoms with Crippen molar-refractivity contribution < 1.29 is 14.0 Å². The summed E-state index contributed by atoms with van der Waals surface area (Å²) in [5, 5.41) is 7.58. The lowest BCUT2D eigenvalue weighted by Crippen LogP contribution is -2.48. The van der Waals surface area contributed by atoms with Crippen LogP contribution in [0.25, 0.3) is 5.69 Å². The summed E-state index contributed by atoms with van der Waals surface area (Å²) in [6, 6.07) is 10.3. The molecule has 2 amide bonds. The molecule has 8 nitrogen and oxygen atoms in total. The van der Waals surface area contributed by atoms with Crippen LogP contribution in [-0.4, -0.2) is 64.1 Å². The minimum Gasteiger partial charge on any atom is -0.459 e. The molecule has 0 aliphatic carbocycles. The molecule has 3 heterocycles. The molecule has 1 saturated heterocycles. The van der Waals surface area contributed by atoms with Crippen LogP contribution in [0.4, 0.5) is 5.82 Å². The fraction of sp³-hybridized carbons (Fsp3) is 0.286. The number of amides is 2. The first-order chi connectivity index (χ1) is 14.6. The predicted octanol–water partition coefficient (Wildman–Crippen LogP) is 3.15. The number of nitrogens with one attached hydrogen (secondary N) is 1. The molecule has 0 bridgehead atoms. The number of carbonyl (C=O) groups excluding carboxylic acids is 2. The first kappa shape index (κ1) is 20.2. The highest BCUT2D eigenvalue weighted by Gasteiger charge is 2.28. The van der Waals surface area contributed by atoms with Gasteiger partial charge in [0.1, 0.15) is 11.4 Å². The molecule has 0 radical (unpaired) electrons. The highest BCUT2D eigenvalue weighted by atomic mass is 35.5. The summed E-state index contributed by atoms with van der Waals surface area (Å²) in [6.07, 6.45) is 2.88. The number of benzene rings is 1. The van der Waals surface area contributed by atoms with Crippen molar-refractivity contribution in [2.45, 2.75) is 6.92 Å². The van der Waals surface area contributed by atoms with Crippen molar-refractivity contribution in [2.24, 2.45) is 0 Å². The third-order valence-corrected chi connectivity index (χ3v) is 5.48. The summed E-state index contributed by atoms with van der Waals surface area (Å²) >= 11 is 6.34. The van der Waals surface area contributed by atoms with Crippen molar-refractivity contribution in [3.63, 3.8) is 0 Å². The van der Waals surface area contributed by atoms with Crippen molar-refractivity contribution in [1.82, 2.24) is 19.6 Å². The zero-order valence-electron chi connectivity index (χ0n) is 16.5. The Labute approximate surface area is 179 Å². The fourth-order valence-electron chi connectivity index (χ4n) is 3.45. The molecule has 2 aromatic heterocycles. The maximum Gasteiger partial charge on any atom is 0.292 e. The van der Waals surface area contributed by atoms with Crippen molar-refractivity contribution in [1.29, 1.82) is 0 Å². The molecule has 0 atom stereocenters. The molecule has 3 aromatic rings. The summed E-state index contributed by atoms with van der Waals surface area (Å²) in [7, 11) is 0. The third kappa shape index (κ3) is 3.96. The highest BCUT2D eigenvalue weighted by molar-refractivity contribution is 6.32. The van der Waals surface area contributed by atoms with Crippen LogP contribution in [-0.2, 0) is 0 Å². The van der Waals surface area contributed by atoms with E-state index in [1.54, 1.807) is 35.2 Å². The lowest BCUT2D eigenvalue weighted by molar-refractivity contribution is 0.0644. The number of hydrogen-bond donors (Lipinski definition) is 1. The van der Waals surface area contributed by atoms with Gasteiger partial charge in [0.05, 0.1) is 23.2 Å². The third-order valence-electron chi connectivity index (χ3n) is 5.16. The number of piperazine rings is 1. The zero-order valence-corrected chi connectivity index (χ0v) is 17.3. The van der Waals surface area contributed by atoms with Crippen molar-refractivity contribution in [2.75, 3.05) is 38.0 Å². The van der Waals surface area contributed by atoms with Crippen LogP contribution in [0.3, 0.4) is 0 Å². The van der Waals surface area contributed by atoms with E-state index in [1.165, 1.54) is 17.1 Å². The molecule has 0 spiro atoms. The van der Waals surface area contributed by atoms with Gasteiger partial charge in [0.15, 0.2) is 5.76 Å². The number of nitrogens with zero attached hydrogens (tertiary/aromatic N) is 4. The van der Waals surface area contributed by atoms with E-state index in [2.05, 4.69) is 22.2 Å². The van der Waals surface area contributed by atoms with Gasteiger partial charge in [-0.05, 0) is 30.8 Å². The van der Waals surface area contributed by atoms with Gasteiger partial charge in [0, 0.05) is 26.2 Å². The molecule has 30 heavy (non-hydrogen) atoms. The largest absolute Gasteiger partial charge is 0.459 e. The lowest BCUT2D eigenvalue weighted by Gasteiger charge is -2.34. The van der Waals surface area contributed by atoms with Crippen LogP contribution in [0.5, 0.6) is 0 Å². The van der Waals surface area contributed by atoms with Gasteiger partial charge in [0.25, 0.3) is 11.8 Å². The molecule has 1 aliphatic heterocycles. The van der Waals surface area contributed by atoms with Gasteiger partial charge in [-0.1, -0.05) is 30.7 Å². The second-order valence-corrected chi connectivity index (χ2v) is 7.34. The smallest absolute Gasteiger partial charge is 0.292 e. The van der Waals surface area contributed by atoms with E-state index in [9.17, 15) is 9.59 Å². The van der Waals surface area contributed by atoms with Crippen molar-refractivity contribution in [3.8, 4) is 5.69 Å². The van der Waals surface area contributed by atoms with E-state index in [0.29, 0.717) is 29.4 Å². The van der Waals surface area contributed by atoms with E-state index in [0.717, 1.165) is 19.6 Å². The molecule has 1 N–H and O–H groups in total. The Bertz CT molecular complexity index is 1040. The standard InChI is InChI=1S/C21H22ClN5O3/c1-2-25-9-11-26(12-10-25)21(29)15-14-23-27(17-7-4-3-6-16(17)22)19(15)24-20(28)18-8-5-13-30-18/h3-8,13-14H,2,9-12H2,1H3,(H,24,28). The van der Waals surface area contributed by atoms with Gasteiger partial charge in [-0.3, -0.25) is 9.59 Å². The van der Waals surface area contributed by atoms with E-state index < -0.39 is 5.91 Å². The Kier molecular flexibility index (Phi) is 5.87. The molecular weight excluding hydrogens is 406 g/mol. The number of furan rings is 1. The zero-order chi connectivity index (χ0) is 21.1. The van der Waals surface area contributed by atoms with Crippen LogP contribution in [0.15, 0.2) is 53.3 Å². The maximum atomic E-state index is 13.3. The van der Waals surface area contributed by atoms with E-state index in [4.69, 9.17) is 16.0 Å². The van der Waals surface area contributed by atoms with E-state index in [1.807, 2.05) is 6.07 Å². The van der Waals surface area contributed by atoms with Crippen LogP contribution in [0.1, 0.15) is 27.8 Å². The number of halogens is 1. The second-order valence-electron chi connectivity index (χ2n) is 6.93. The summed E-state index contributed by atoms with van der Waals surface area (Å²) in [4.78, 5) is 30.0. The van der Waals surface area contributed by atoms with Gasteiger partial charge in [0.2, 0.25) is 0 Å². The highest BCUT2D eigenvalue weighted by Crippen LogP contribution is 2.27. The summed E-state index contributed by atoms with van der Waals surface area (Å²) in [5.74, 6) is -0.262. The molecule has 1 aromatic carbocycles. The Morgan fingerprint density at radius 1 is 1.13 bits per heavy atom. The van der Waals surface area contributed by atoms with Crippen molar-refractivity contribution in [3.05, 3.63) is 65.2 Å². The molecule has 4 rings (SSSR count). The number of aromatic nitrogens is 2. The average Bonchev–Trinajstić information content (AvgIpc) is 3.44. The maximum absolute atomic E-state index is 13.3. The molecular formula is C21H22ClN5O3. The van der Waals surface area contributed by atoms with Crippen molar-refractivity contribution >= 4 is 29.2 Å². The van der Waals surface area contributed by atoms with Crippen LogP contribution in [0, 0.1) is 0 Å². The first-order valence-electron chi connectivity index (χ1n) is 9.78. The monoisotopic (exact) mass is 427 g/mol. The average molecular weight is 428 g/mol. The van der Waals surface area contributed by atoms with Crippen LogP contribution < -0.4 is 5.32 Å².